The summed E-state index contributed by atoms with van der Waals surface area (Å²) >= 11 is 0. The normalized spacial score (nSPS) is 11.8. The molecule has 0 unspecified atom stereocenters. The minimum Gasteiger partial charge on any atom is -0.207 e. The molecule has 96 valence electrons. The van der Waals surface area contributed by atoms with Gasteiger partial charge in [-0.25, -0.2) is 4.39 Å². The smallest absolute Gasteiger partial charge is 0.207 e. The Balaban J connectivity index is 2.25. The molecule has 0 fully saturated rings. The first-order valence-corrected chi connectivity index (χ1v) is 6.85. The van der Waals surface area contributed by atoms with Crippen molar-refractivity contribution in [2.24, 2.45) is 0 Å². The van der Waals surface area contributed by atoms with Crippen molar-refractivity contribution in [2.45, 2.75) is 4.90 Å². The first-order chi connectivity index (χ1) is 9.09. The SMILES string of the molecule is O=S(=O)(c1ccccc1)n1nnc2cc(F)ccc21. The fourth-order valence-corrected chi connectivity index (χ4v) is 2.99. The van der Waals surface area contributed by atoms with Gasteiger partial charge in [-0.2, -0.15) is 8.42 Å². The van der Waals surface area contributed by atoms with E-state index in [9.17, 15) is 12.8 Å². The van der Waals surface area contributed by atoms with E-state index >= 15 is 0 Å². The molecule has 0 N–H and O–H groups in total. The van der Waals surface area contributed by atoms with Gasteiger partial charge in [-0.1, -0.05) is 23.4 Å². The van der Waals surface area contributed by atoms with E-state index in [0.29, 0.717) is 0 Å². The molecule has 2 aromatic carbocycles. The standard InChI is InChI=1S/C12H8FN3O2S/c13-9-6-7-12-11(8-9)14-15-16(12)19(17,18)10-4-2-1-3-5-10/h1-8H. The first-order valence-electron chi connectivity index (χ1n) is 5.40. The number of rotatable bonds is 2. The predicted octanol–water partition coefficient (Wildman–Crippen LogP) is 1.81. The molecule has 0 amide bonds. The average molecular weight is 277 g/mol. The molecule has 0 saturated heterocycles. The topological polar surface area (TPSA) is 64.8 Å². The minimum absolute atomic E-state index is 0.103. The maximum Gasteiger partial charge on any atom is 0.284 e. The van der Waals surface area contributed by atoms with Crippen molar-refractivity contribution < 1.29 is 12.8 Å². The minimum atomic E-state index is -3.81. The highest BCUT2D eigenvalue weighted by Crippen LogP contribution is 2.18. The maximum atomic E-state index is 13.0. The summed E-state index contributed by atoms with van der Waals surface area (Å²) in [6.07, 6.45) is 0. The van der Waals surface area contributed by atoms with E-state index < -0.39 is 15.8 Å². The van der Waals surface area contributed by atoms with E-state index in [1.54, 1.807) is 18.2 Å². The molecule has 7 heteroatoms. The molecule has 0 saturated carbocycles. The lowest BCUT2D eigenvalue weighted by Gasteiger charge is -2.04. The third kappa shape index (κ3) is 1.88. The fourth-order valence-electron chi connectivity index (χ4n) is 1.75. The molecule has 5 nitrogen and oxygen atoms in total. The van der Waals surface area contributed by atoms with Gasteiger partial charge in [-0.15, -0.1) is 9.19 Å². The van der Waals surface area contributed by atoms with Crippen LogP contribution in [0.4, 0.5) is 4.39 Å². The van der Waals surface area contributed by atoms with Crippen LogP contribution in [0.5, 0.6) is 0 Å². The number of fused-ring (bicyclic) bond motifs is 1. The van der Waals surface area contributed by atoms with E-state index in [2.05, 4.69) is 10.3 Å². The van der Waals surface area contributed by atoms with Crippen molar-refractivity contribution in [3.8, 4) is 0 Å². The lowest BCUT2D eigenvalue weighted by atomic mass is 10.3. The van der Waals surface area contributed by atoms with Crippen LogP contribution in [0.15, 0.2) is 53.4 Å². The second-order valence-electron chi connectivity index (χ2n) is 3.88. The highest BCUT2D eigenvalue weighted by Gasteiger charge is 2.20. The molecule has 3 rings (SSSR count). The van der Waals surface area contributed by atoms with Gasteiger partial charge in [0.2, 0.25) is 0 Å². The van der Waals surface area contributed by atoms with Crippen LogP contribution in [0.2, 0.25) is 0 Å². The zero-order valence-electron chi connectivity index (χ0n) is 9.56. The Morgan fingerprint density at radius 1 is 1.05 bits per heavy atom. The largest absolute Gasteiger partial charge is 0.284 e. The summed E-state index contributed by atoms with van der Waals surface area (Å²) in [7, 11) is -3.81. The Bertz CT molecular complexity index is 844. The zero-order valence-corrected chi connectivity index (χ0v) is 10.4. The summed E-state index contributed by atoms with van der Waals surface area (Å²) in [5, 5.41) is 7.26. The molecule has 1 heterocycles. The van der Waals surface area contributed by atoms with Gasteiger partial charge in [0.1, 0.15) is 16.9 Å². The van der Waals surface area contributed by atoms with Crippen LogP contribution in [-0.4, -0.2) is 22.8 Å². The Kier molecular flexibility index (Phi) is 2.56. The Morgan fingerprint density at radius 3 is 2.53 bits per heavy atom. The van der Waals surface area contributed by atoms with Crippen molar-refractivity contribution in [1.82, 2.24) is 14.4 Å². The molecule has 0 aliphatic carbocycles. The molecule has 0 atom stereocenters. The van der Waals surface area contributed by atoms with Crippen LogP contribution in [0, 0.1) is 5.82 Å². The number of benzene rings is 2. The van der Waals surface area contributed by atoms with Crippen LogP contribution >= 0.6 is 0 Å². The van der Waals surface area contributed by atoms with E-state index in [4.69, 9.17) is 0 Å². The maximum absolute atomic E-state index is 13.0. The van der Waals surface area contributed by atoms with Crippen LogP contribution < -0.4 is 0 Å². The van der Waals surface area contributed by atoms with Crippen LogP contribution in [0.3, 0.4) is 0 Å². The summed E-state index contributed by atoms with van der Waals surface area (Å²) in [6, 6.07) is 11.5. The van der Waals surface area contributed by atoms with Gasteiger partial charge in [0, 0.05) is 6.07 Å². The van der Waals surface area contributed by atoms with E-state index in [1.165, 1.54) is 24.3 Å². The first kappa shape index (κ1) is 11.8. The highest BCUT2D eigenvalue weighted by molar-refractivity contribution is 7.90. The molecular formula is C12H8FN3O2S. The third-order valence-corrected chi connectivity index (χ3v) is 4.24. The van der Waals surface area contributed by atoms with Crippen molar-refractivity contribution in [1.29, 1.82) is 0 Å². The van der Waals surface area contributed by atoms with Gasteiger partial charge in [0.25, 0.3) is 10.0 Å². The predicted molar refractivity (Wildman–Crippen MR) is 66.5 cm³/mol. The summed E-state index contributed by atoms with van der Waals surface area (Å²) in [5.74, 6) is -0.489. The molecule has 19 heavy (non-hydrogen) atoms. The number of hydrogen-bond acceptors (Lipinski definition) is 4. The summed E-state index contributed by atoms with van der Waals surface area (Å²) < 4.78 is 38.6. The van der Waals surface area contributed by atoms with Crippen molar-refractivity contribution in [3.63, 3.8) is 0 Å². The number of hydrogen-bond donors (Lipinski definition) is 0. The zero-order chi connectivity index (χ0) is 13.5. The quantitative estimate of drug-likeness (QED) is 0.716. The van der Waals surface area contributed by atoms with Crippen molar-refractivity contribution >= 4 is 21.1 Å². The van der Waals surface area contributed by atoms with Gasteiger partial charge in [0.15, 0.2) is 0 Å². The molecular weight excluding hydrogens is 269 g/mol. The molecule has 0 aliphatic heterocycles. The summed E-state index contributed by atoms with van der Waals surface area (Å²) in [6.45, 7) is 0. The van der Waals surface area contributed by atoms with Gasteiger partial charge >= 0.3 is 0 Å². The van der Waals surface area contributed by atoms with Gasteiger partial charge in [-0.05, 0) is 24.3 Å². The van der Waals surface area contributed by atoms with Gasteiger partial charge in [-0.3, -0.25) is 0 Å². The lowest BCUT2D eigenvalue weighted by Crippen LogP contribution is -2.14. The third-order valence-electron chi connectivity index (χ3n) is 2.65. The molecule has 0 radical (unpaired) electrons. The molecule has 0 spiro atoms. The van der Waals surface area contributed by atoms with Crippen LogP contribution in [0.25, 0.3) is 11.0 Å². The van der Waals surface area contributed by atoms with E-state index in [0.717, 1.165) is 10.2 Å². The number of aromatic nitrogens is 3. The van der Waals surface area contributed by atoms with Gasteiger partial charge in [0.05, 0.1) is 4.90 Å². The van der Waals surface area contributed by atoms with Gasteiger partial charge < -0.3 is 0 Å². The second-order valence-corrected chi connectivity index (χ2v) is 5.65. The molecule has 0 bridgehead atoms. The monoisotopic (exact) mass is 277 g/mol. The van der Waals surface area contributed by atoms with Crippen molar-refractivity contribution in [3.05, 3.63) is 54.3 Å². The lowest BCUT2D eigenvalue weighted by molar-refractivity contribution is 0.579. The Morgan fingerprint density at radius 2 is 1.79 bits per heavy atom. The molecule has 3 aromatic rings. The van der Waals surface area contributed by atoms with E-state index in [1.807, 2.05) is 0 Å². The molecule has 0 aliphatic rings. The summed E-state index contributed by atoms with van der Waals surface area (Å²) in [4.78, 5) is 0.103. The summed E-state index contributed by atoms with van der Waals surface area (Å²) in [5.41, 5.74) is 0.435. The highest BCUT2D eigenvalue weighted by atomic mass is 32.2. The molecule has 1 aromatic heterocycles. The van der Waals surface area contributed by atoms with Crippen LogP contribution in [-0.2, 0) is 10.0 Å². The Hall–Kier alpha value is -2.28. The average Bonchev–Trinajstić information content (AvgIpc) is 2.83. The number of halogens is 1. The van der Waals surface area contributed by atoms with E-state index in [-0.39, 0.29) is 15.9 Å². The Labute approximate surface area is 108 Å². The fraction of sp³-hybridized carbons (Fsp3) is 0. The van der Waals surface area contributed by atoms with Crippen molar-refractivity contribution in [2.75, 3.05) is 0 Å². The van der Waals surface area contributed by atoms with Crippen LogP contribution in [0.1, 0.15) is 0 Å². The number of nitrogens with zero attached hydrogens (tertiary/aromatic N) is 3. The second kappa shape index (κ2) is 4.13.